The molecule has 0 aliphatic carbocycles. The van der Waals surface area contributed by atoms with E-state index in [1.54, 1.807) is 4.90 Å². The topological polar surface area (TPSA) is 58.6 Å². The molecule has 2 amide bonds. The Bertz CT molecular complexity index is 488. The number of anilines is 2. The van der Waals surface area contributed by atoms with Crippen molar-refractivity contribution in [1.82, 2.24) is 0 Å². The highest BCUT2D eigenvalue weighted by Crippen LogP contribution is 2.23. The minimum Gasteiger partial charge on any atom is -0.372 e. The van der Waals surface area contributed by atoms with Crippen LogP contribution in [-0.4, -0.2) is 31.6 Å². The third-order valence-corrected chi connectivity index (χ3v) is 3.20. The molecule has 1 aromatic carbocycles. The van der Waals surface area contributed by atoms with Crippen LogP contribution in [0.1, 0.15) is 26.2 Å². The molecule has 1 aromatic rings. The Hall–Kier alpha value is -1.88. The predicted octanol–water partition coefficient (Wildman–Crippen LogP) is 2.18. The zero-order valence-electron chi connectivity index (χ0n) is 11.7. The lowest BCUT2D eigenvalue weighted by atomic mass is 10.1. The van der Waals surface area contributed by atoms with Gasteiger partial charge < -0.3 is 15.0 Å². The fourth-order valence-electron chi connectivity index (χ4n) is 2.22. The minimum atomic E-state index is -0.186. The normalized spacial score (nSPS) is 15.2. The van der Waals surface area contributed by atoms with Crippen LogP contribution in [-0.2, 0) is 14.3 Å². The molecule has 1 aliphatic heterocycles. The third-order valence-electron chi connectivity index (χ3n) is 3.20. The first kappa shape index (κ1) is 14.5. The predicted molar refractivity (Wildman–Crippen MR) is 77.8 cm³/mol. The highest BCUT2D eigenvalue weighted by Gasteiger charge is 2.19. The molecule has 1 heterocycles. The molecule has 108 valence electrons. The quantitative estimate of drug-likeness (QED) is 0.896. The molecule has 5 heteroatoms. The zero-order valence-corrected chi connectivity index (χ0v) is 11.7. The summed E-state index contributed by atoms with van der Waals surface area (Å²) < 4.78 is 5.05. The molecule has 0 spiro atoms. The van der Waals surface area contributed by atoms with Gasteiger partial charge >= 0.3 is 0 Å². The molecule has 20 heavy (non-hydrogen) atoms. The maximum absolute atomic E-state index is 11.9. The number of piperidine rings is 1. The van der Waals surface area contributed by atoms with Crippen LogP contribution < -0.4 is 10.2 Å². The molecule has 1 aliphatic rings. The Morgan fingerprint density at radius 1 is 1.40 bits per heavy atom. The van der Waals surface area contributed by atoms with Gasteiger partial charge in [0.1, 0.15) is 6.61 Å². The number of nitrogens with one attached hydrogen (secondary N) is 1. The summed E-state index contributed by atoms with van der Waals surface area (Å²) in [6.07, 6.45) is 2.58. The number of carbonyl (C=O) groups is 2. The van der Waals surface area contributed by atoms with Gasteiger partial charge in [0.15, 0.2) is 0 Å². The van der Waals surface area contributed by atoms with Crippen LogP contribution >= 0.6 is 0 Å². The van der Waals surface area contributed by atoms with Crippen LogP contribution in [0.4, 0.5) is 11.4 Å². The summed E-state index contributed by atoms with van der Waals surface area (Å²) in [4.78, 5) is 25.3. The monoisotopic (exact) mass is 276 g/mol. The van der Waals surface area contributed by atoms with Gasteiger partial charge in [0, 0.05) is 30.9 Å². The van der Waals surface area contributed by atoms with Crippen molar-refractivity contribution in [2.24, 2.45) is 0 Å². The highest BCUT2D eigenvalue weighted by atomic mass is 16.5. The molecule has 0 unspecified atom stereocenters. The lowest BCUT2D eigenvalue weighted by molar-refractivity contribution is -0.120. The summed E-state index contributed by atoms with van der Waals surface area (Å²) in [6, 6.07) is 7.36. The molecule has 2 rings (SSSR count). The molecule has 0 saturated carbocycles. The number of hydrogen-bond donors (Lipinski definition) is 1. The number of amides is 2. The molecule has 1 saturated heterocycles. The second-order valence-electron chi connectivity index (χ2n) is 4.74. The van der Waals surface area contributed by atoms with Crippen LogP contribution in [0, 0.1) is 0 Å². The van der Waals surface area contributed by atoms with Crippen molar-refractivity contribution in [3.8, 4) is 0 Å². The van der Waals surface area contributed by atoms with E-state index in [4.69, 9.17) is 4.74 Å². The Balaban J connectivity index is 2.03. The first-order chi connectivity index (χ1) is 9.70. The van der Waals surface area contributed by atoms with Crippen LogP contribution in [0.5, 0.6) is 0 Å². The van der Waals surface area contributed by atoms with Gasteiger partial charge in [-0.25, -0.2) is 0 Å². The molecule has 0 atom stereocenters. The first-order valence-electron chi connectivity index (χ1n) is 6.98. The summed E-state index contributed by atoms with van der Waals surface area (Å²) in [5.74, 6) is -0.0389. The van der Waals surface area contributed by atoms with Crippen molar-refractivity contribution in [2.75, 3.05) is 30.0 Å². The highest BCUT2D eigenvalue weighted by molar-refractivity contribution is 5.96. The van der Waals surface area contributed by atoms with E-state index in [2.05, 4.69) is 5.32 Å². The van der Waals surface area contributed by atoms with Gasteiger partial charge in [-0.2, -0.15) is 0 Å². The number of hydrogen-bond acceptors (Lipinski definition) is 3. The van der Waals surface area contributed by atoms with E-state index in [1.807, 2.05) is 31.2 Å². The lowest BCUT2D eigenvalue weighted by Gasteiger charge is -2.27. The number of ether oxygens (including phenoxy) is 1. The van der Waals surface area contributed by atoms with Crippen LogP contribution in [0.25, 0.3) is 0 Å². The summed E-state index contributed by atoms with van der Waals surface area (Å²) in [5.41, 5.74) is 1.52. The zero-order chi connectivity index (χ0) is 14.4. The molecular weight excluding hydrogens is 256 g/mol. The van der Waals surface area contributed by atoms with Gasteiger partial charge in [-0.15, -0.1) is 0 Å². The molecule has 0 bridgehead atoms. The first-order valence-corrected chi connectivity index (χ1v) is 6.98. The number of carbonyl (C=O) groups excluding carboxylic acids is 2. The van der Waals surface area contributed by atoms with Crippen molar-refractivity contribution >= 4 is 23.2 Å². The molecule has 5 nitrogen and oxygen atoms in total. The van der Waals surface area contributed by atoms with Gasteiger partial charge in [-0.1, -0.05) is 6.07 Å². The van der Waals surface area contributed by atoms with Crippen LogP contribution in [0.15, 0.2) is 24.3 Å². The SMILES string of the molecule is CCOCC(=O)Nc1cccc(N2CCCCC2=O)c1. The average molecular weight is 276 g/mol. The lowest BCUT2D eigenvalue weighted by Crippen LogP contribution is -2.35. The van der Waals surface area contributed by atoms with Crippen molar-refractivity contribution in [3.63, 3.8) is 0 Å². The van der Waals surface area contributed by atoms with E-state index in [9.17, 15) is 9.59 Å². The van der Waals surface area contributed by atoms with Crippen molar-refractivity contribution in [1.29, 1.82) is 0 Å². The largest absolute Gasteiger partial charge is 0.372 e. The standard InChI is InChI=1S/C15H20N2O3/c1-2-20-11-14(18)16-12-6-5-7-13(10-12)17-9-4-3-8-15(17)19/h5-7,10H,2-4,8-9,11H2,1H3,(H,16,18). The molecule has 0 aromatic heterocycles. The Kier molecular flexibility index (Phi) is 5.12. The summed E-state index contributed by atoms with van der Waals surface area (Å²) in [7, 11) is 0. The fourth-order valence-corrected chi connectivity index (χ4v) is 2.22. The molecule has 1 fully saturated rings. The Morgan fingerprint density at radius 2 is 2.25 bits per heavy atom. The smallest absolute Gasteiger partial charge is 0.250 e. The van der Waals surface area contributed by atoms with Crippen molar-refractivity contribution in [3.05, 3.63) is 24.3 Å². The second-order valence-corrected chi connectivity index (χ2v) is 4.74. The molecule has 0 radical (unpaired) electrons. The number of benzene rings is 1. The van der Waals surface area contributed by atoms with Gasteiger partial charge in [0.25, 0.3) is 0 Å². The number of nitrogens with zero attached hydrogens (tertiary/aromatic N) is 1. The van der Waals surface area contributed by atoms with Crippen LogP contribution in [0.2, 0.25) is 0 Å². The average Bonchev–Trinajstić information content (AvgIpc) is 2.46. The van der Waals surface area contributed by atoms with Crippen molar-refractivity contribution in [2.45, 2.75) is 26.2 Å². The summed E-state index contributed by atoms with van der Waals surface area (Å²) in [6.45, 7) is 3.14. The number of rotatable bonds is 5. The molecular formula is C15H20N2O3. The van der Waals surface area contributed by atoms with E-state index in [1.165, 1.54) is 0 Å². The van der Waals surface area contributed by atoms with Crippen LogP contribution in [0.3, 0.4) is 0 Å². The maximum atomic E-state index is 11.9. The van der Waals surface area contributed by atoms with E-state index in [0.717, 1.165) is 25.1 Å². The summed E-state index contributed by atoms with van der Waals surface area (Å²) in [5, 5.41) is 2.77. The second kappa shape index (κ2) is 7.05. The van der Waals surface area contributed by atoms with Gasteiger partial charge in [-0.3, -0.25) is 9.59 Å². The van der Waals surface area contributed by atoms with E-state index in [-0.39, 0.29) is 18.4 Å². The van der Waals surface area contributed by atoms with E-state index in [0.29, 0.717) is 18.7 Å². The maximum Gasteiger partial charge on any atom is 0.250 e. The third kappa shape index (κ3) is 3.81. The fraction of sp³-hybridized carbons (Fsp3) is 0.467. The Labute approximate surface area is 118 Å². The molecule has 1 N–H and O–H groups in total. The van der Waals surface area contributed by atoms with Crippen molar-refractivity contribution < 1.29 is 14.3 Å². The van der Waals surface area contributed by atoms with Gasteiger partial charge in [0.2, 0.25) is 11.8 Å². The summed E-state index contributed by atoms with van der Waals surface area (Å²) >= 11 is 0. The van der Waals surface area contributed by atoms with Gasteiger partial charge in [-0.05, 0) is 38.0 Å². The van der Waals surface area contributed by atoms with E-state index >= 15 is 0 Å². The van der Waals surface area contributed by atoms with E-state index < -0.39 is 0 Å². The Morgan fingerprint density at radius 3 is 3.00 bits per heavy atom. The minimum absolute atomic E-state index is 0.0450. The van der Waals surface area contributed by atoms with Gasteiger partial charge in [0.05, 0.1) is 0 Å².